The van der Waals surface area contributed by atoms with E-state index in [1.165, 1.54) is 38.2 Å². The summed E-state index contributed by atoms with van der Waals surface area (Å²) >= 11 is 0. The average molecular weight is 352 g/mol. The number of hydrogen-bond acceptors (Lipinski definition) is 6. The van der Waals surface area contributed by atoms with Gasteiger partial charge in [-0.15, -0.1) is 0 Å². The van der Waals surface area contributed by atoms with Crippen molar-refractivity contribution in [1.29, 1.82) is 0 Å². The Hall–Kier alpha value is -2.88. The molecule has 128 valence electrons. The van der Waals surface area contributed by atoms with Crippen molar-refractivity contribution in [3.63, 3.8) is 0 Å². The summed E-state index contributed by atoms with van der Waals surface area (Å²) < 4.78 is 28.8. The van der Waals surface area contributed by atoms with Gasteiger partial charge in [-0.05, 0) is 19.1 Å². The summed E-state index contributed by atoms with van der Waals surface area (Å²) in [5.74, 6) is -0.716. The fourth-order valence-corrected chi connectivity index (χ4v) is 3.41. The summed E-state index contributed by atoms with van der Waals surface area (Å²) in [5, 5.41) is 0. The molecule has 0 aliphatic heterocycles. The Labute approximate surface area is 137 Å². The standard InChI is InChI=1S/C14H16N4O5S/c1-8(19)9-5-4-6-10(7-9)16-24(22,23)11-12(15)17(2)14(21)18(3)13(11)20/h4-7,16H,15H2,1-3H3. The van der Waals surface area contributed by atoms with Gasteiger partial charge in [0.2, 0.25) is 0 Å². The third-order valence-corrected chi connectivity index (χ3v) is 4.88. The van der Waals surface area contributed by atoms with Crippen LogP contribution >= 0.6 is 0 Å². The molecule has 2 rings (SSSR count). The number of Topliss-reactive ketones (excluding diaryl/α,β-unsaturated/α-hetero) is 1. The molecule has 0 amide bonds. The number of carbonyl (C=O) groups is 1. The number of anilines is 2. The number of benzene rings is 1. The predicted octanol–water partition coefficient (Wildman–Crippen LogP) is -0.330. The van der Waals surface area contributed by atoms with Gasteiger partial charge in [-0.3, -0.25) is 23.4 Å². The highest BCUT2D eigenvalue weighted by molar-refractivity contribution is 7.92. The Bertz CT molecular complexity index is 1050. The van der Waals surface area contributed by atoms with Gasteiger partial charge < -0.3 is 5.73 Å². The molecule has 1 heterocycles. The summed E-state index contributed by atoms with van der Waals surface area (Å²) in [7, 11) is -1.95. The Morgan fingerprint density at radius 2 is 1.79 bits per heavy atom. The number of hydrogen-bond donors (Lipinski definition) is 2. The molecule has 3 N–H and O–H groups in total. The second-order valence-electron chi connectivity index (χ2n) is 5.16. The van der Waals surface area contributed by atoms with Crippen LogP contribution in [0.2, 0.25) is 0 Å². The van der Waals surface area contributed by atoms with Crippen LogP contribution in [0.5, 0.6) is 0 Å². The third kappa shape index (κ3) is 2.95. The highest BCUT2D eigenvalue weighted by Crippen LogP contribution is 2.18. The summed E-state index contributed by atoms with van der Waals surface area (Å²) in [4.78, 5) is 34.6. The molecule has 2 aromatic rings. The first-order chi connectivity index (χ1) is 11.1. The van der Waals surface area contributed by atoms with Crippen molar-refractivity contribution in [2.24, 2.45) is 14.1 Å². The van der Waals surface area contributed by atoms with E-state index in [-0.39, 0.29) is 11.5 Å². The topological polar surface area (TPSA) is 133 Å². The number of ketones is 1. The monoisotopic (exact) mass is 352 g/mol. The maximum atomic E-state index is 12.5. The molecule has 1 aromatic carbocycles. The minimum Gasteiger partial charge on any atom is -0.384 e. The minimum atomic E-state index is -4.36. The van der Waals surface area contributed by atoms with Crippen LogP contribution in [0.25, 0.3) is 0 Å². The number of nitrogens with two attached hydrogens (primary N) is 1. The highest BCUT2D eigenvalue weighted by Gasteiger charge is 2.26. The second-order valence-corrected chi connectivity index (χ2v) is 6.78. The van der Waals surface area contributed by atoms with Crippen molar-refractivity contribution in [2.75, 3.05) is 10.5 Å². The van der Waals surface area contributed by atoms with Crippen molar-refractivity contribution in [3.05, 3.63) is 50.7 Å². The molecule has 1 aromatic heterocycles. The molecule has 0 atom stereocenters. The molecular formula is C14H16N4O5S. The van der Waals surface area contributed by atoms with Crippen LogP contribution < -0.4 is 21.7 Å². The van der Waals surface area contributed by atoms with Gasteiger partial charge in [0.1, 0.15) is 5.82 Å². The largest absolute Gasteiger partial charge is 0.384 e. The van der Waals surface area contributed by atoms with Crippen molar-refractivity contribution in [2.45, 2.75) is 11.8 Å². The van der Waals surface area contributed by atoms with Crippen LogP contribution in [0.3, 0.4) is 0 Å². The molecule has 0 radical (unpaired) electrons. The second kappa shape index (κ2) is 5.96. The lowest BCUT2D eigenvalue weighted by molar-refractivity contribution is 0.101. The molecule has 0 aliphatic rings. The van der Waals surface area contributed by atoms with Gasteiger partial charge in [-0.2, -0.15) is 0 Å². The maximum absolute atomic E-state index is 12.5. The number of sulfonamides is 1. The van der Waals surface area contributed by atoms with Crippen LogP contribution in [0.4, 0.5) is 11.5 Å². The lowest BCUT2D eigenvalue weighted by atomic mass is 10.1. The quantitative estimate of drug-likeness (QED) is 0.724. The first-order valence-corrected chi connectivity index (χ1v) is 8.24. The molecule has 9 nitrogen and oxygen atoms in total. The van der Waals surface area contributed by atoms with E-state index in [1.807, 2.05) is 0 Å². The molecule has 0 saturated carbocycles. The number of nitrogen functional groups attached to an aromatic ring is 1. The van der Waals surface area contributed by atoms with Crippen molar-refractivity contribution < 1.29 is 13.2 Å². The van der Waals surface area contributed by atoms with Gasteiger partial charge in [-0.1, -0.05) is 12.1 Å². The smallest absolute Gasteiger partial charge is 0.332 e. The highest BCUT2D eigenvalue weighted by atomic mass is 32.2. The maximum Gasteiger partial charge on any atom is 0.332 e. The van der Waals surface area contributed by atoms with Crippen molar-refractivity contribution in [3.8, 4) is 0 Å². The normalized spacial score (nSPS) is 11.3. The van der Waals surface area contributed by atoms with E-state index in [1.54, 1.807) is 0 Å². The van der Waals surface area contributed by atoms with E-state index in [0.717, 1.165) is 11.6 Å². The van der Waals surface area contributed by atoms with E-state index in [4.69, 9.17) is 5.73 Å². The number of aromatic nitrogens is 2. The minimum absolute atomic E-state index is 0.0954. The molecule has 0 bridgehead atoms. The van der Waals surface area contributed by atoms with E-state index in [2.05, 4.69) is 4.72 Å². The number of nitrogens with one attached hydrogen (secondary N) is 1. The molecule has 10 heteroatoms. The SMILES string of the molecule is CC(=O)c1cccc(NS(=O)(=O)c2c(N)n(C)c(=O)n(C)c2=O)c1. The van der Waals surface area contributed by atoms with E-state index >= 15 is 0 Å². The number of rotatable bonds is 4. The molecule has 0 saturated heterocycles. The van der Waals surface area contributed by atoms with Crippen LogP contribution in [-0.2, 0) is 24.1 Å². The molecule has 0 aliphatic carbocycles. The van der Waals surface area contributed by atoms with E-state index < -0.39 is 32.0 Å². The Kier molecular flexibility index (Phi) is 4.34. The third-order valence-electron chi connectivity index (χ3n) is 3.46. The van der Waals surface area contributed by atoms with Crippen LogP contribution in [0.1, 0.15) is 17.3 Å². The average Bonchev–Trinajstić information content (AvgIpc) is 2.50. The van der Waals surface area contributed by atoms with Gasteiger partial charge in [0.05, 0.1) is 0 Å². The van der Waals surface area contributed by atoms with Crippen LogP contribution in [0, 0.1) is 0 Å². The predicted molar refractivity (Wildman–Crippen MR) is 88.6 cm³/mol. The van der Waals surface area contributed by atoms with E-state index in [9.17, 15) is 22.8 Å². The molecule has 0 fully saturated rings. The summed E-state index contributed by atoms with van der Waals surface area (Å²) in [6.45, 7) is 1.34. The van der Waals surface area contributed by atoms with Crippen LogP contribution in [0.15, 0.2) is 38.8 Å². The molecule has 0 unspecified atom stereocenters. The molecular weight excluding hydrogens is 336 g/mol. The van der Waals surface area contributed by atoms with Gasteiger partial charge >= 0.3 is 5.69 Å². The zero-order chi connectivity index (χ0) is 18.2. The van der Waals surface area contributed by atoms with Gasteiger partial charge in [0.15, 0.2) is 10.7 Å². The summed E-state index contributed by atoms with van der Waals surface area (Å²) in [5.41, 5.74) is 4.27. The lowest BCUT2D eigenvalue weighted by Gasteiger charge is -2.13. The molecule has 24 heavy (non-hydrogen) atoms. The van der Waals surface area contributed by atoms with Gasteiger partial charge in [0.25, 0.3) is 15.6 Å². The summed E-state index contributed by atoms with van der Waals surface area (Å²) in [6.07, 6.45) is 0. The number of carbonyl (C=O) groups excluding carboxylic acids is 1. The zero-order valence-electron chi connectivity index (χ0n) is 13.2. The van der Waals surface area contributed by atoms with Crippen molar-refractivity contribution in [1.82, 2.24) is 9.13 Å². The zero-order valence-corrected chi connectivity index (χ0v) is 14.0. The number of nitrogens with zero attached hydrogens (tertiary/aromatic N) is 2. The first-order valence-electron chi connectivity index (χ1n) is 6.75. The lowest BCUT2D eigenvalue weighted by Crippen LogP contribution is -2.42. The summed E-state index contributed by atoms with van der Waals surface area (Å²) in [6, 6.07) is 5.78. The Morgan fingerprint density at radius 3 is 2.38 bits per heavy atom. The Balaban J connectivity index is 2.61. The fraction of sp³-hybridized carbons (Fsp3) is 0.214. The van der Waals surface area contributed by atoms with Gasteiger partial charge in [-0.25, -0.2) is 13.2 Å². The fourth-order valence-electron chi connectivity index (χ4n) is 2.09. The van der Waals surface area contributed by atoms with Crippen LogP contribution in [-0.4, -0.2) is 23.3 Å². The van der Waals surface area contributed by atoms with E-state index in [0.29, 0.717) is 10.1 Å². The first kappa shape index (κ1) is 17.5. The Morgan fingerprint density at radius 1 is 1.17 bits per heavy atom. The van der Waals surface area contributed by atoms with Gasteiger partial charge in [0, 0.05) is 25.3 Å². The van der Waals surface area contributed by atoms with Crippen molar-refractivity contribution >= 4 is 27.3 Å². The molecule has 0 spiro atoms.